The Morgan fingerprint density at radius 2 is 1.91 bits per heavy atom. The van der Waals surface area contributed by atoms with Gasteiger partial charge in [-0.25, -0.2) is 0 Å². The molecule has 0 aliphatic heterocycles. The van der Waals surface area contributed by atoms with Crippen LogP contribution in [0.3, 0.4) is 0 Å². The van der Waals surface area contributed by atoms with Crippen molar-refractivity contribution in [2.75, 3.05) is 6.61 Å². The van der Waals surface area contributed by atoms with E-state index in [-0.39, 0.29) is 0 Å². The smallest absolute Gasteiger partial charge is 0.191 e. The highest BCUT2D eigenvalue weighted by Crippen LogP contribution is 2.00. The molecule has 0 heterocycles. The van der Waals surface area contributed by atoms with Crippen LogP contribution in [0, 0.1) is 0 Å². The Labute approximate surface area is 65.5 Å². The van der Waals surface area contributed by atoms with E-state index in [1.54, 1.807) is 0 Å². The summed E-state index contributed by atoms with van der Waals surface area (Å²) in [5, 5.41) is 26.1. The summed E-state index contributed by atoms with van der Waals surface area (Å²) in [6.07, 6.45) is -1.57. The summed E-state index contributed by atoms with van der Waals surface area (Å²) in [6.45, 7) is 1.20. The van der Waals surface area contributed by atoms with Crippen molar-refractivity contribution in [3.8, 4) is 0 Å². The highest BCUT2D eigenvalue weighted by atomic mass is 16.3. The van der Waals surface area contributed by atoms with Crippen LogP contribution in [-0.2, 0) is 4.79 Å². The third-order valence-electron chi connectivity index (χ3n) is 1.39. The van der Waals surface area contributed by atoms with Crippen molar-refractivity contribution in [1.82, 2.24) is 0 Å². The van der Waals surface area contributed by atoms with Gasteiger partial charge in [0.05, 0.1) is 6.61 Å². The van der Waals surface area contributed by atoms with Crippen LogP contribution in [0.5, 0.6) is 0 Å². The van der Waals surface area contributed by atoms with Crippen molar-refractivity contribution in [3.63, 3.8) is 0 Å². The Morgan fingerprint density at radius 3 is 2.27 bits per heavy atom. The Bertz CT molecular complexity index is 124. The molecule has 0 radical (unpaired) electrons. The van der Waals surface area contributed by atoms with Crippen LogP contribution < -0.4 is 0 Å². The predicted octanol–water partition coefficient (Wildman–Crippen LogP) is -0.930. The Kier molecular flexibility index (Phi) is 5.02. The number of rotatable bonds is 5. The maximum Gasteiger partial charge on any atom is 0.191 e. The molecule has 0 fully saturated rings. The van der Waals surface area contributed by atoms with Crippen molar-refractivity contribution in [3.05, 3.63) is 0 Å². The van der Waals surface area contributed by atoms with E-state index in [0.29, 0.717) is 12.8 Å². The lowest BCUT2D eigenvalue weighted by Crippen LogP contribution is -2.34. The molecule has 0 aliphatic rings. The molecule has 2 atom stereocenters. The van der Waals surface area contributed by atoms with Crippen molar-refractivity contribution < 1.29 is 20.1 Å². The standard InChI is InChI=1S/C7H14O4/c1-2-3-5(9)7(11)6(10)4-8/h5-6,8-10H,2-4H2,1H3/t5?,6-/m0/s1. The summed E-state index contributed by atoms with van der Waals surface area (Å²) in [5.41, 5.74) is 0. The van der Waals surface area contributed by atoms with Gasteiger partial charge in [0.25, 0.3) is 0 Å². The molecule has 0 aromatic rings. The first-order chi connectivity index (χ1) is 5.13. The zero-order chi connectivity index (χ0) is 8.85. The Morgan fingerprint density at radius 1 is 1.36 bits per heavy atom. The summed E-state index contributed by atoms with van der Waals surface area (Å²) < 4.78 is 0. The molecule has 3 N–H and O–H groups in total. The molecule has 0 aromatic carbocycles. The van der Waals surface area contributed by atoms with Crippen LogP contribution in [-0.4, -0.2) is 39.9 Å². The minimum absolute atomic E-state index is 0.329. The normalized spacial score (nSPS) is 16.0. The molecule has 4 heteroatoms. The van der Waals surface area contributed by atoms with Crippen molar-refractivity contribution >= 4 is 5.78 Å². The van der Waals surface area contributed by atoms with Gasteiger partial charge in [0.1, 0.15) is 12.2 Å². The van der Waals surface area contributed by atoms with E-state index in [9.17, 15) is 4.79 Å². The summed E-state index contributed by atoms with van der Waals surface area (Å²) in [7, 11) is 0. The first-order valence-electron chi connectivity index (χ1n) is 3.64. The first-order valence-corrected chi connectivity index (χ1v) is 3.64. The number of aliphatic hydroxyl groups excluding tert-OH is 3. The van der Waals surface area contributed by atoms with Gasteiger partial charge in [-0.05, 0) is 6.42 Å². The van der Waals surface area contributed by atoms with E-state index in [0.717, 1.165) is 0 Å². The quantitative estimate of drug-likeness (QED) is 0.488. The van der Waals surface area contributed by atoms with Gasteiger partial charge in [0.2, 0.25) is 0 Å². The highest BCUT2D eigenvalue weighted by molar-refractivity contribution is 5.86. The van der Waals surface area contributed by atoms with Gasteiger partial charge in [0, 0.05) is 0 Å². The van der Waals surface area contributed by atoms with Gasteiger partial charge in [0.15, 0.2) is 5.78 Å². The van der Waals surface area contributed by atoms with Crippen LogP contribution in [0.25, 0.3) is 0 Å². The van der Waals surface area contributed by atoms with E-state index in [2.05, 4.69) is 0 Å². The third-order valence-corrected chi connectivity index (χ3v) is 1.39. The maximum absolute atomic E-state index is 10.8. The van der Waals surface area contributed by atoms with Gasteiger partial charge >= 0.3 is 0 Å². The van der Waals surface area contributed by atoms with Crippen LogP contribution >= 0.6 is 0 Å². The average molecular weight is 162 g/mol. The third kappa shape index (κ3) is 3.46. The summed E-state index contributed by atoms with van der Waals surface area (Å²) in [5.74, 6) is -0.700. The number of hydrogen-bond donors (Lipinski definition) is 3. The van der Waals surface area contributed by atoms with E-state index in [1.807, 2.05) is 6.92 Å². The number of carbonyl (C=O) groups excluding carboxylic acids is 1. The van der Waals surface area contributed by atoms with Crippen LogP contribution in [0.4, 0.5) is 0 Å². The topological polar surface area (TPSA) is 77.8 Å². The Hall–Kier alpha value is -0.450. The lowest BCUT2D eigenvalue weighted by atomic mass is 10.1. The lowest BCUT2D eigenvalue weighted by Gasteiger charge is -2.10. The molecule has 66 valence electrons. The van der Waals surface area contributed by atoms with Gasteiger partial charge in [-0.2, -0.15) is 0 Å². The van der Waals surface area contributed by atoms with E-state index < -0.39 is 24.6 Å². The number of carbonyl (C=O) groups is 1. The molecule has 0 aliphatic carbocycles. The summed E-state index contributed by atoms with van der Waals surface area (Å²) >= 11 is 0. The van der Waals surface area contributed by atoms with E-state index in [1.165, 1.54) is 0 Å². The number of ketones is 1. The van der Waals surface area contributed by atoms with Gasteiger partial charge in [-0.3, -0.25) is 4.79 Å². The lowest BCUT2D eigenvalue weighted by molar-refractivity contribution is -0.137. The zero-order valence-electron chi connectivity index (χ0n) is 6.53. The minimum atomic E-state index is -1.43. The zero-order valence-corrected chi connectivity index (χ0v) is 6.53. The van der Waals surface area contributed by atoms with Crippen LogP contribution in [0.1, 0.15) is 19.8 Å². The second-order valence-corrected chi connectivity index (χ2v) is 2.41. The van der Waals surface area contributed by atoms with Crippen LogP contribution in [0.2, 0.25) is 0 Å². The highest BCUT2D eigenvalue weighted by Gasteiger charge is 2.21. The van der Waals surface area contributed by atoms with E-state index in [4.69, 9.17) is 15.3 Å². The summed E-state index contributed by atoms with van der Waals surface area (Å²) in [6, 6.07) is 0. The van der Waals surface area contributed by atoms with E-state index >= 15 is 0 Å². The number of aliphatic hydroxyl groups is 3. The number of hydrogen-bond acceptors (Lipinski definition) is 4. The minimum Gasteiger partial charge on any atom is -0.393 e. The molecule has 0 saturated heterocycles. The molecule has 0 aromatic heterocycles. The number of Topliss-reactive ketones (excluding diaryl/α,β-unsaturated/α-hetero) is 1. The SMILES string of the molecule is CCCC(O)C(=O)[C@@H](O)CO. The molecule has 1 unspecified atom stereocenters. The molecule has 0 amide bonds. The predicted molar refractivity (Wildman–Crippen MR) is 39.0 cm³/mol. The monoisotopic (exact) mass is 162 g/mol. The fourth-order valence-corrected chi connectivity index (χ4v) is 0.728. The van der Waals surface area contributed by atoms with Crippen LogP contribution in [0.15, 0.2) is 0 Å². The summed E-state index contributed by atoms with van der Waals surface area (Å²) in [4.78, 5) is 10.8. The maximum atomic E-state index is 10.8. The van der Waals surface area contributed by atoms with Gasteiger partial charge in [-0.1, -0.05) is 13.3 Å². The molecular weight excluding hydrogens is 148 g/mol. The molecule has 0 spiro atoms. The van der Waals surface area contributed by atoms with Crippen molar-refractivity contribution in [2.24, 2.45) is 0 Å². The Balaban J connectivity index is 3.81. The van der Waals surface area contributed by atoms with Crippen molar-refractivity contribution in [2.45, 2.75) is 32.0 Å². The molecular formula is C7H14O4. The largest absolute Gasteiger partial charge is 0.393 e. The molecule has 4 nitrogen and oxygen atoms in total. The molecule has 0 rings (SSSR count). The van der Waals surface area contributed by atoms with Gasteiger partial charge < -0.3 is 15.3 Å². The van der Waals surface area contributed by atoms with Gasteiger partial charge in [-0.15, -0.1) is 0 Å². The fraction of sp³-hybridized carbons (Fsp3) is 0.857. The van der Waals surface area contributed by atoms with Crippen molar-refractivity contribution in [1.29, 1.82) is 0 Å². The second kappa shape index (κ2) is 5.23. The fourth-order valence-electron chi connectivity index (χ4n) is 0.728. The molecule has 0 saturated carbocycles. The second-order valence-electron chi connectivity index (χ2n) is 2.41. The first kappa shape index (κ1) is 10.6. The molecule has 0 bridgehead atoms. The molecule has 11 heavy (non-hydrogen) atoms. The average Bonchev–Trinajstić information content (AvgIpc) is 2.02.